The zero-order valence-corrected chi connectivity index (χ0v) is 11.3. The summed E-state index contributed by atoms with van der Waals surface area (Å²) in [4.78, 5) is 0. The van der Waals surface area contributed by atoms with Gasteiger partial charge in [-0.15, -0.1) is 0 Å². The lowest BCUT2D eigenvalue weighted by Gasteiger charge is -2.14. The zero-order valence-electron chi connectivity index (χ0n) is 11.3. The van der Waals surface area contributed by atoms with E-state index in [-0.39, 0.29) is 18.8 Å². The Labute approximate surface area is 112 Å². The highest BCUT2D eigenvalue weighted by molar-refractivity contribution is 5.29. The second-order valence-corrected chi connectivity index (χ2v) is 4.60. The van der Waals surface area contributed by atoms with Gasteiger partial charge in [0, 0.05) is 12.6 Å². The van der Waals surface area contributed by atoms with Crippen LogP contribution in [0.25, 0.3) is 0 Å². The number of nitrogens with two attached hydrogens (primary N) is 1. The van der Waals surface area contributed by atoms with E-state index in [2.05, 4.69) is 0 Å². The average molecular weight is 273 g/mol. The van der Waals surface area contributed by atoms with E-state index in [1.54, 1.807) is 0 Å². The predicted molar refractivity (Wildman–Crippen MR) is 70.6 cm³/mol. The molecule has 1 aromatic carbocycles. The third kappa shape index (κ3) is 6.50. The molecule has 3 nitrogen and oxygen atoms in total. The molecule has 0 saturated heterocycles. The summed E-state index contributed by atoms with van der Waals surface area (Å²) in [7, 11) is 0. The molecule has 0 spiro atoms. The van der Waals surface area contributed by atoms with Gasteiger partial charge in [0.05, 0.1) is 6.10 Å². The van der Waals surface area contributed by atoms with Crippen LogP contribution < -0.4 is 10.5 Å². The molecular weight excluding hydrogens is 252 g/mol. The van der Waals surface area contributed by atoms with Crippen LogP contribution >= 0.6 is 0 Å². The quantitative estimate of drug-likeness (QED) is 0.740. The fourth-order valence-corrected chi connectivity index (χ4v) is 1.62. The molecule has 1 atom stereocenters. The minimum absolute atomic E-state index is 0.127. The minimum atomic E-state index is -2.43. The van der Waals surface area contributed by atoms with Crippen LogP contribution in [0.1, 0.15) is 31.9 Å². The standard InChI is InChI=1S/C14H21F2NO2/c1-10(2)19-12-5-3-11(4-6-12)13(17)7-8-18-9-14(15)16/h3-6,10,13-14H,7-9,17H2,1-2H3. The van der Waals surface area contributed by atoms with Gasteiger partial charge < -0.3 is 15.2 Å². The van der Waals surface area contributed by atoms with E-state index < -0.39 is 13.0 Å². The topological polar surface area (TPSA) is 44.5 Å². The van der Waals surface area contributed by atoms with Crippen molar-refractivity contribution in [3.8, 4) is 5.75 Å². The Bertz CT molecular complexity index is 355. The molecule has 0 aliphatic rings. The van der Waals surface area contributed by atoms with Gasteiger partial charge in [0.2, 0.25) is 0 Å². The summed E-state index contributed by atoms with van der Waals surface area (Å²) in [6.07, 6.45) is -1.79. The molecule has 0 saturated carbocycles. The Morgan fingerprint density at radius 3 is 2.32 bits per heavy atom. The van der Waals surface area contributed by atoms with Crippen LogP contribution in [-0.4, -0.2) is 25.7 Å². The Balaban J connectivity index is 2.37. The molecule has 0 bridgehead atoms. The molecule has 1 rings (SSSR count). The molecule has 0 aliphatic heterocycles. The van der Waals surface area contributed by atoms with Crippen LogP contribution in [0.4, 0.5) is 8.78 Å². The number of hydrogen-bond donors (Lipinski definition) is 1. The van der Waals surface area contributed by atoms with Crippen LogP contribution in [0, 0.1) is 0 Å². The first kappa shape index (κ1) is 15.9. The third-order valence-electron chi connectivity index (χ3n) is 2.50. The van der Waals surface area contributed by atoms with Crippen molar-refractivity contribution in [1.29, 1.82) is 0 Å². The fraction of sp³-hybridized carbons (Fsp3) is 0.571. The van der Waals surface area contributed by atoms with Gasteiger partial charge in [0.1, 0.15) is 12.4 Å². The number of halogens is 2. The van der Waals surface area contributed by atoms with E-state index in [1.807, 2.05) is 38.1 Å². The van der Waals surface area contributed by atoms with Gasteiger partial charge in [-0.1, -0.05) is 12.1 Å². The maximum Gasteiger partial charge on any atom is 0.261 e. The number of hydrogen-bond acceptors (Lipinski definition) is 3. The zero-order chi connectivity index (χ0) is 14.3. The van der Waals surface area contributed by atoms with Crippen molar-refractivity contribution in [3.63, 3.8) is 0 Å². The molecule has 0 aromatic heterocycles. The fourth-order valence-electron chi connectivity index (χ4n) is 1.62. The van der Waals surface area contributed by atoms with Crippen LogP contribution in [0.2, 0.25) is 0 Å². The lowest BCUT2D eigenvalue weighted by molar-refractivity contribution is 0.0152. The third-order valence-corrected chi connectivity index (χ3v) is 2.50. The van der Waals surface area contributed by atoms with Gasteiger partial charge in [-0.05, 0) is 38.0 Å². The maximum absolute atomic E-state index is 11.9. The first-order valence-electron chi connectivity index (χ1n) is 6.37. The van der Waals surface area contributed by atoms with Gasteiger partial charge >= 0.3 is 0 Å². The number of ether oxygens (including phenoxy) is 2. The lowest BCUT2D eigenvalue weighted by atomic mass is 10.1. The van der Waals surface area contributed by atoms with Crippen LogP contribution in [0.5, 0.6) is 5.75 Å². The van der Waals surface area contributed by atoms with E-state index in [1.165, 1.54) is 0 Å². The van der Waals surface area contributed by atoms with Crippen molar-refractivity contribution < 1.29 is 18.3 Å². The van der Waals surface area contributed by atoms with Gasteiger partial charge in [-0.2, -0.15) is 0 Å². The van der Waals surface area contributed by atoms with Crippen molar-refractivity contribution in [1.82, 2.24) is 0 Å². The Kier molecular flexibility index (Phi) is 6.73. The maximum atomic E-state index is 11.9. The highest BCUT2D eigenvalue weighted by atomic mass is 19.3. The average Bonchev–Trinajstić information content (AvgIpc) is 2.34. The van der Waals surface area contributed by atoms with E-state index in [0.717, 1.165) is 11.3 Å². The van der Waals surface area contributed by atoms with Crippen LogP contribution in [0.15, 0.2) is 24.3 Å². The monoisotopic (exact) mass is 273 g/mol. The summed E-state index contributed by atoms with van der Waals surface area (Å²) in [5, 5.41) is 0. The first-order valence-corrected chi connectivity index (χ1v) is 6.37. The highest BCUT2D eigenvalue weighted by Gasteiger charge is 2.08. The Hall–Kier alpha value is -1.20. The second-order valence-electron chi connectivity index (χ2n) is 4.60. The number of rotatable bonds is 8. The summed E-state index contributed by atoms with van der Waals surface area (Å²) in [5.41, 5.74) is 6.90. The SMILES string of the molecule is CC(C)Oc1ccc(C(N)CCOCC(F)F)cc1. The highest BCUT2D eigenvalue weighted by Crippen LogP contribution is 2.19. The summed E-state index contributed by atoms with van der Waals surface area (Å²) in [5.74, 6) is 0.792. The van der Waals surface area contributed by atoms with E-state index >= 15 is 0 Å². The minimum Gasteiger partial charge on any atom is -0.491 e. The van der Waals surface area contributed by atoms with Crippen molar-refractivity contribution in [2.45, 2.75) is 38.8 Å². The molecule has 0 heterocycles. The second kappa shape index (κ2) is 8.07. The molecule has 5 heteroatoms. The molecule has 1 aromatic rings. The number of benzene rings is 1. The van der Waals surface area contributed by atoms with Crippen molar-refractivity contribution in [3.05, 3.63) is 29.8 Å². The predicted octanol–water partition coefficient (Wildman–Crippen LogP) is 3.15. The normalized spacial score (nSPS) is 13.0. The van der Waals surface area contributed by atoms with Gasteiger partial charge in [0.25, 0.3) is 6.43 Å². The van der Waals surface area contributed by atoms with Crippen LogP contribution in [-0.2, 0) is 4.74 Å². The molecule has 0 radical (unpaired) electrons. The summed E-state index contributed by atoms with van der Waals surface area (Å²) < 4.78 is 34.1. The molecule has 0 aliphatic carbocycles. The van der Waals surface area contributed by atoms with Gasteiger partial charge in [-0.25, -0.2) is 8.78 Å². The smallest absolute Gasteiger partial charge is 0.261 e. The first-order chi connectivity index (χ1) is 8.99. The Morgan fingerprint density at radius 1 is 1.16 bits per heavy atom. The molecule has 1 unspecified atom stereocenters. The van der Waals surface area contributed by atoms with Gasteiger partial charge in [-0.3, -0.25) is 0 Å². The van der Waals surface area contributed by atoms with Gasteiger partial charge in [0.15, 0.2) is 0 Å². The molecule has 0 amide bonds. The van der Waals surface area contributed by atoms with E-state index in [9.17, 15) is 8.78 Å². The largest absolute Gasteiger partial charge is 0.491 e. The molecule has 0 fully saturated rings. The van der Waals surface area contributed by atoms with Crippen molar-refractivity contribution in [2.24, 2.45) is 5.73 Å². The molecule has 2 N–H and O–H groups in total. The van der Waals surface area contributed by atoms with Crippen molar-refractivity contribution in [2.75, 3.05) is 13.2 Å². The molecular formula is C14H21F2NO2. The molecule has 19 heavy (non-hydrogen) atoms. The van der Waals surface area contributed by atoms with E-state index in [4.69, 9.17) is 15.2 Å². The Morgan fingerprint density at radius 2 is 1.79 bits per heavy atom. The lowest BCUT2D eigenvalue weighted by Crippen LogP contribution is -2.15. The number of alkyl halides is 2. The van der Waals surface area contributed by atoms with Crippen LogP contribution in [0.3, 0.4) is 0 Å². The summed E-state index contributed by atoms with van der Waals surface area (Å²) in [6, 6.07) is 7.26. The summed E-state index contributed by atoms with van der Waals surface area (Å²) >= 11 is 0. The van der Waals surface area contributed by atoms with Crippen molar-refractivity contribution >= 4 is 0 Å². The summed E-state index contributed by atoms with van der Waals surface area (Å²) in [6.45, 7) is 3.61. The molecule has 108 valence electrons. The van der Waals surface area contributed by atoms with E-state index in [0.29, 0.717) is 6.42 Å².